The van der Waals surface area contributed by atoms with Crippen LogP contribution in [0, 0.1) is 0 Å². The first kappa shape index (κ1) is 13.5. The molecule has 4 heteroatoms. The van der Waals surface area contributed by atoms with Crippen LogP contribution in [0.5, 0.6) is 0 Å². The molecule has 0 atom stereocenters. The zero-order chi connectivity index (χ0) is 14.7. The summed E-state index contributed by atoms with van der Waals surface area (Å²) in [6.07, 6.45) is 4.73. The number of H-pyrrole nitrogens is 1. The number of carbonyl (C=O) groups excluding carboxylic acids is 1. The Morgan fingerprint density at radius 2 is 2.10 bits per heavy atom. The van der Waals surface area contributed by atoms with E-state index in [1.165, 1.54) is 0 Å². The molecule has 0 aliphatic carbocycles. The molecule has 0 saturated heterocycles. The number of fused-ring (bicyclic) bond motifs is 1. The lowest BCUT2D eigenvalue weighted by molar-refractivity contribution is -0.129. The molecule has 0 saturated carbocycles. The maximum absolute atomic E-state index is 12.3. The van der Waals surface area contributed by atoms with Gasteiger partial charge in [-0.3, -0.25) is 4.79 Å². The summed E-state index contributed by atoms with van der Waals surface area (Å²) in [5.74, 6) is 1.02. The lowest BCUT2D eigenvalue weighted by Gasteiger charge is -2.16. The first-order valence-corrected chi connectivity index (χ1v) is 7.05. The van der Waals surface area contributed by atoms with Gasteiger partial charge in [-0.2, -0.15) is 0 Å². The van der Waals surface area contributed by atoms with Crippen molar-refractivity contribution in [3.05, 3.63) is 60.2 Å². The van der Waals surface area contributed by atoms with Crippen LogP contribution in [0.2, 0.25) is 0 Å². The summed E-state index contributed by atoms with van der Waals surface area (Å²) in [6.45, 7) is 0.661. The molecule has 1 amide bonds. The van der Waals surface area contributed by atoms with Gasteiger partial charge in [0.2, 0.25) is 5.91 Å². The van der Waals surface area contributed by atoms with Gasteiger partial charge in [0.1, 0.15) is 5.76 Å². The van der Waals surface area contributed by atoms with E-state index < -0.39 is 0 Å². The molecule has 0 aliphatic heterocycles. The van der Waals surface area contributed by atoms with Crippen molar-refractivity contribution in [2.45, 2.75) is 12.8 Å². The highest BCUT2D eigenvalue weighted by molar-refractivity contribution is 5.88. The summed E-state index contributed by atoms with van der Waals surface area (Å²) in [5, 5.41) is 1.12. The first-order chi connectivity index (χ1) is 10.2. The lowest BCUT2D eigenvalue weighted by Crippen LogP contribution is -2.30. The van der Waals surface area contributed by atoms with Crippen LogP contribution < -0.4 is 0 Å². The molecule has 0 aliphatic rings. The molecule has 21 heavy (non-hydrogen) atoms. The molecule has 0 spiro atoms. The summed E-state index contributed by atoms with van der Waals surface area (Å²) in [7, 11) is 1.83. The predicted molar refractivity (Wildman–Crippen MR) is 82.1 cm³/mol. The summed E-state index contributed by atoms with van der Waals surface area (Å²) in [5.41, 5.74) is 2.11. The van der Waals surface area contributed by atoms with Crippen LogP contribution in [-0.4, -0.2) is 29.4 Å². The summed E-state index contributed by atoms with van der Waals surface area (Å²) < 4.78 is 5.28. The van der Waals surface area contributed by atoms with Crippen molar-refractivity contribution in [3.8, 4) is 0 Å². The van der Waals surface area contributed by atoms with Crippen LogP contribution in [0.15, 0.2) is 53.3 Å². The van der Waals surface area contributed by atoms with E-state index in [9.17, 15) is 4.79 Å². The summed E-state index contributed by atoms with van der Waals surface area (Å²) in [4.78, 5) is 17.3. The fraction of sp³-hybridized carbons (Fsp3) is 0.235. The smallest absolute Gasteiger partial charge is 0.226 e. The minimum absolute atomic E-state index is 0.117. The maximum atomic E-state index is 12.3. The average molecular weight is 282 g/mol. The Balaban J connectivity index is 1.62. The van der Waals surface area contributed by atoms with Crippen molar-refractivity contribution in [3.63, 3.8) is 0 Å². The Morgan fingerprint density at radius 1 is 1.24 bits per heavy atom. The predicted octanol–water partition coefficient (Wildman–Crippen LogP) is 3.00. The Bertz CT molecular complexity index is 728. The molecule has 4 nitrogen and oxygen atoms in total. The summed E-state index contributed by atoms with van der Waals surface area (Å²) >= 11 is 0. The first-order valence-electron chi connectivity index (χ1n) is 7.05. The number of carbonyl (C=O) groups is 1. The molecule has 1 N–H and O–H groups in total. The monoisotopic (exact) mass is 282 g/mol. The Labute approximate surface area is 123 Å². The second-order valence-corrected chi connectivity index (χ2v) is 5.18. The number of benzene rings is 1. The van der Waals surface area contributed by atoms with E-state index >= 15 is 0 Å². The average Bonchev–Trinajstić information content (AvgIpc) is 3.15. The molecule has 1 aromatic carbocycles. The molecule has 3 aromatic rings. The molecule has 108 valence electrons. The van der Waals surface area contributed by atoms with Crippen molar-refractivity contribution in [1.82, 2.24) is 9.88 Å². The van der Waals surface area contributed by atoms with Crippen molar-refractivity contribution in [1.29, 1.82) is 0 Å². The number of para-hydroxylation sites is 1. The Morgan fingerprint density at radius 3 is 2.90 bits per heavy atom. The molecule has 2 heterocycles. The SMILES string of the molecule is CN(CCc1ccco1)C(=O)Cc1c[nH]c2ccccc12. The van der Waals surface area contributed by atoms with Gasteiger partial charge >= 0.3 is 0 Å². The second-order valence-electron chi connectivity index (χ2n) is 5.18. The number of amides is 1. The van der Waals surface area contributed by atoms with E-state index in [2.05, 4.69) is 4.98 Å². The van der Waals surface area contributed by atoms with E-state index in [1.54, 1.807) is 11.2 Å². The van der Waals surface area contributed by atoms with Gasteiger partial charge in [0.05, 0.1) is 12.7 Å². The van der Waals surface area contributed by atoms with Crippen LogP contribution in [-0.2, 0) is 17.6 Å². The highest BCUT2D eigenvalue weighted by Crippen LogP contribution is 2.18. The van der Waals surface area contributed by atoms with Gasteiger partial charge in [0.15, 0.2) is 0 Å². The van der Waals surface area contributed by atoms with Crippen LogP contribution in [0.1, 0.15) is 11.3 Å². The van der Waals surface area contributed by atoms with Crippen molar-refractivity contribution >= 4 is 16.8 Å². The maximum Gasteiger partial charge on any atom is 0.226 e. The van der Waals surface area contributed by atoms with Gasteiger partial charge < -0.3 is 14.3 Å². The lowest BCUT2D eigenvalue weighted by atomic mass is 10.1. The van der Waals surface area contributed by atoms with Gasteiger partial charge in [0, 0.05) is 37.1 Å². The second kappa shape index (κ2) is 5.87. The number of hydrogen-bond acceptors (Lipinski definition) is 2. The number of aromatic amines is 1. The van der Waals surface area contributed by atoms with Crippen molar-refractivity contribution in [2.75, 3.05) is 13.6 Å². The number of furan rings is 1. The molecular formula is C17H18N2O2. The highest BCUT2D eigenvalue weighted by atomic mass is 16.3. The molecule has 0 unspecified atom stereocenters. The topological polar surface area (TPSA) is 49.2 Å². The normalized spacial score (nSPS) is 10.9. The van der Waals surface area contributed by atoms with E-state index in [0.29, 0.717) is 13.0 Å². The van der Waals surface area contributed by atoms with Crippen LogP contribution in [0.25, 0.3) is 10.9 Å². The molecule has 2 aromatic heterocycles. The number of aromatic nitrogens is 1. The Kier molecular flexibility index (Phi) is 3.77. The molecular weight excluding hydrogens is 264 g/mol. The van der Waals surface area contributed by atoms with Gasteiger partial charge in [-0.25, -0.2) is 0 Å². The third kappa shape index (κ3) is 2.99. The van der Waals surface area contributed by atoms with E-state index in [0.717, 1.165) is 28.6 Å². The van der Waals surface area contributed by atoms with Gasteiger partial charge in [-0.15, -0.1) is 0 Å². The quantitative estimate of drug-likeness (QED) is 0.782. The van der Waals surface area contributed by atoms with Crippen LogP contribution >= 0.6 is 0 Å². The zero-order valence-corrected chi connectivity index (χ0v) is 12.0. The van der Waals surface area contributed by atoms with Crippen LogP contribution in [0.4, 0.5) is 0 Å². The van der Waals surface area contributed by atoms with Crippen LogP contribution in [0.3, 0.4) is 0 Å². The fourth-order valence-electron chi connectivity index (χ4n) is 2.43. The Hall–Kier alpha value is -2.49. The standard InChI is InChI=1S/C17H18N2O2/c1-19(9-8-14-5-4-10-21-14)17(20)11-13-12-18-16-7-3-2-6-15(13)16/h2-7,10,12,18H,8-9,11H2,1H3. The minimum atomic E-state index is 0.117. The third-order valence-electron chi connectivity index (χ3n) is 3.72. The highest BCUT2D eigenvalue weighted by Gasteiger charge is 2.13. The number of likely N-dealkylation sites (N-methyl/N-ethyl adjacent to an activating group) is 1. The summed E-state index contributed by atoms with van der Waals surface area (Å²) in [6, 6.07) is 11.8. The number of nitrogens with one attached hydrogen (secondary N) is 1. The number of rotatable bonds is 5. The minimum Gasteiger partial charge on any atom is -0.469 e. The van der Waals surface area contributed by atoms with Gasteiger partial charge in [0.25, 0.3) is 0 Å². The van der Waals surface area contributed by atoms with Crippen molar-refractivity contribution < 1.29 is 9.21 Å². The van der Waals surface area contributed by atoms with Gasteiger partial charge in [-0.05, 0) is 23.8 Å². The molecule has 0 bridgehead atoms. The zero-order valence-electron chi connectivity index (χ0n) is 12.0. The van der Waals surface area contributed by atoms with E-state index in [1.807, 2.05) is 49.6 Å². The molecule has 0 fully saturated rings. The van der Waals surface area contributed by atoms with Crippen molar-refractivity contribution in [2.24, 2.45) is 0 Å². The molecule has 0 radical (unpaired) electrons. The fourth-order valence-corrected chi connectivity index (χ4v) is 2.43. The largest absolute Gasteiger partial charge is 0.469 e. The van der Waals surface area contributed by atoms with E-state index in [-0.39, 0.29) is 5.91 Å². The third-order valence-corrected chi connectivity index (χ3v) is 3.72. The number of nitrogens with zero attached hydrogens (tertiary/aromatic N) is 1. The number of hydrogen-bond donors (Lipinski definition) is 1. The van der Waals surface area contributed by atoms with Gasteiger partial charge in [-0.1, -0.05) is 18.2 Å². The molecule has 3 rings (SSSR count). The van der Waals surface area contributed by atoms with E-state index in [4.69, 9.17) is 4.42 Å².